The van der Waals surface area contributed by atoms with E-state index in [0.717, 1.165) is 6.07 Å². The number of anilines is 1. The first-order valence-corrected chi connectivity index (χ1v) is 9.89. The zero-order chi connectivity index (χ0) is 19.4. The van der Waals surface area contributed by atoms with Crippen molar-refractivity contribution >= 4 is 34.0 Å². The zero-order valence-electron chi connectivity index (χ0n) is 14.8. The highest BCUT2D eigenvalue weighted by molar-refractivity contribution is 7.92. The number of sulfonamides is 1. The third-order valence-electron chi connectivity index (χ3n) is 4.37. The third kappa shape index (κ3) is 5.20. The van der Waals surface area contributed by atoms with Crippen molar-refractivity contribution in [3.05, 3.63) is 59.9 Å². The maximum atomic E-state index is 13.6. The number of aliphatic hydroxyl groups excluding tert-OH is 1. The monoisotopic (exact) mass is 429 g/mol. The standard InChI is InChI=1S/C18H20FN3O4S.ClH/c19-15-3-1-2-4-16(15)22-27(25,26)14-7-5-12(6-8-14)18(24)21-10-13-9-20-11-17(13)23;/h1-8,13,17,20,22-23H,9-11H2,(H,21,24);1H. The van der Waals surface area contributed by atoms with Crippen LogP contribution in [-0.4, -0.2) is 45.2 Å². The highest BCUT2D eigenvalue weighted by Crippen LogP contribution is 2.19. The Bertz CT molecular complexity index is 925. The number of carbonyl (C=O) groups is 1. The van der Waals surface area contributed by atoms with E-state index in [-0.39, 0.29) is 34.8 Å². The lowest BCUT2D eigenvalue weighted by molar-refractivity contribution is 0.0927. The molecule has 4 N–H and O–H groups in total. The lowest BCUT2D eigenvalue weighted by atomic mass is 10.1. The van der Waals surface area contributed by atoms with Crippen molar-refractivity contribution in [1.82, 2.24) is 10.6 Å². The van der Waals surface area contributed by atoms with Crippen LogP contribution >= 0.6 is 12.4 Å². The molecule has 2 atom stereocenters. The third-order valence-corrected chi connectivity index (χ3v) is 5.76. The van der Waals surface area contributed by atoms with Gasteiger partial charge in [-0.2, -0.15) is 0 Å². The summed E-state index contributed by atoms with van der Waals surface area (Å²) >= 11 is 0. The van der Waals surface area contributed by atoms with Gasteiger partial charge in [-0.15, -0.1) is 12.4 Å². The molecule has 10 heteroatoms. The maximum absolute atomic E-state index is 13.6. The Labute approximate surface area is 168 Å². The molecule has 2 aromatic rings. The van der Waals surface area contributed by atoms with Crippen LogP contribution in [-0.2, 0) is 10.0 Å². The Morgan fingerprint density at radius 1 is 1.14 bits per heavy atom. The molecule has 0 aromatic heterocycles. The molecule has 152 valence electrons. The molecule has 1 aliphatic rings. The summed E-state index contributed by atoms with van der Waals surface area (Å²) in [4.78, 5) is 12.1. The van der Waals surface area contributed by atoms with Gasteiger partial charge >= 0.3 is 0 Å². The molecule has 0 spiro atoms. The van der Waals surface area contributed by atoms with Crippen molar-refractivity contribution in [2.75, 3.05) is 24.4 Å². The molecule has 2 aromatic carbocycles. The summed E-state index contributed by atoms with van der Waals surface area (Å²) in [5.41, 5.74) is 0.142. The van der Waals surface area contributed by atoms with Crippen molar-refractivity contribution in [3.8, 4) is 0 Å². The number of hydrogen-bond donors (Lipinski definition) is 4. The second-order valence-corrected chi connectivity index (χ2v) is 7.99. The van der Waals surface area contributed by atoms with Crippen LogP contribution < -0.4 is 15.4 Å². The summed E-state index contributed by atoms with van der Waals surface area (Å²) in [6, 6.07) is 10.8. The summed E-state index contributed by atoms with van der Waals surface area (Å²) in [5.74, 6) is -1.10. The number of carbonyl (C=O) groups excluding carboxylic acids is 1. The minimum atomic E-state index is -3.97. The Hall–Kier alpha value is -2.20. The van der Waals surface area contributed by atoms with E-state index in [1.807, 2.05) is 0 Å². The van der Waals surface area contributed by atoms with Gasteiger partial charge in [-0.1, -0.05) is 12.1 Å². The van der Waals surface area contributed by atoms with Gasteiger partial charge in [0.05, 0.1) is 16.7 Å². The molecule has 2 unspecified atom stereocenters. The van der Waals surface area contributed by atoms with Crippen molar-refractivity contribution in [2.45, 2.75) is 11.0 Å². The van der Waals surface area contributed by atoms with Crippen LogP contribution in [0.15, 0.2) is 53.4 Å². The van der Waals surface area contributed by atoms with Crippen molar-refractivity contribution in [1.29, 1.82) is 0 Å². The van der Waals surface area contributed by atoms with E-state index in [4.69, 9.17) is 0 Å². The van der Waals surface area contributed by atoms with E-state index in [9.17, 15) is 22.7 Å². The van der Waals surface area contributed by atoms with Gasteiger partial charge in [0.1, 0.15) is 5.82 Å². The van der Waals surface area contributed by atoms with E-state index in [0.29, 0.717) is 25.2 Å². The summed E-state index contributed by atoms with van der Waals surface area (Å²) in [6.45, 7) is 1.45. The van der Waals surface area contributed by atoms with Gasteiger partial charge < -0.3 is 15.7 Å². The number of amides is 1. The summed E-state index contributed by atoms with van der Waals surface area (Å²) in [6.07, 6.45) is -0.498. The number of rotatable bonds is 6. The number of benzene rings is 2. The fraction of sp³-hybridized carbons (Fsp3) is 0.278. The van der Waals surface area contributed by atoms with Crippen LogP contribution in [0.1, 0.15) is 10.4 Å². The van der Waals surface area contributed by atoms with Gasteiger partial charge in [-0.3, -0.25) is 9.52 Å². The van der Waals surface area contributed by atoms with Gasteiger partial charge in [0.15, 0.2) is 0 Å². The van der Waals surface area contributed by atoms with Crippen LogP contribution in [0.25, 0.3) is 0 Å². The Morgan fingerprint density at radius 3 is 2.43 bits per heavy atom. The van der Waals surface area contributed by atoms with Crippen molar-refractivity contribution < 1.29 is 22.7 Å². The number of para-hydroxylation sites is 1. The highest BCUT2D eigenvalue weighted by atomic mass is 35.5. The number of nitrogens with one attached hydrogen (secondary N) is 3. The first-order valence-electron chi connectivity index (χ1n) is 8.41. The van der Waals surface area contributed by atoms with E-state index in [1.165, 1.54) is 42.5 Å². The second-order valence-electron chi connectivity index (χ2n) is 6.31. The first-order chi connectivity index (χ1) is 12.9. The number of halogens is 2. The predicted octanol–water partition coefficient (Wildman–Crippen LogP) is 1.36. The largest absolute Gasteiger partial charge is 0.391 e. The van der Waals surface area contributed by atoms with E-state index >= 15 is 0 Å². The minimum absolute atomic E-state index is 0. The quantitative estimate of drug-likeness (QED) is 0.554. The molecule has 1 saturated heterocycles. The molecule has 0 radical (unpaired) electrons. The molecule has 1 heterocycles. The Morgan fingerprint density at radius 2 is 1.82 bits per heavy atom. The van der Waals surface area contributed by atoms with E-state index in [1.54, 1.807) is 0 Å². The molecule has 7 nitrogen and oxygen atoms in total. The van der Waals surface area contributed by atoms with Gasteiger partial charge in [0.2, 0.25) is 0 Å². The van der Waals surface area contributed by atoms with Crippen LogP contribution in [0.3, 0.4) is 0 Å². The fourth-order valence-electron chi connectivity index (χ4n) is 2.79. The average molecular weight is 430 g/mol. The molecular formula is C18H21ClFN3O4S. The average Bonchev–Trinajstić information content (AvgIpc) is 3.06. The van der Waals surface area contributed by atoms with Crippen molar-refractivity contribution in [3.63, 3.8) is 0 Å². The number of hydrogen-bond acceptors (Lipinski definition) is 5. The lowest BCUT2D eigenvalue weighted by Crippen LogP contribution is -2.34. The molecule has 1 aliphatic heterocycles. The van der Waals surface area contributed by atoms with Gasteiger partial charge in [-0.25, -0.2) is 12.8 Å². The number of aliphatic hydroxyl groups is 1. The summed E-state index contributed by atoms with van der Waals surface area (Å²) in [5, 5.41) is 15.5. The number of β-amino-alcohol motifs (C(OH)–C–C–N with tert-alkyl or cyclic N) is 1. The zero-order valence-corrected chi connectivity index (χ0v) is 16.4. The van der Waals surface area contributed by atoms with E-state index < -0.39 is 21.9 Å². The van der Waals surface area contributed by atoms with E-state index in [2.05, 4.69) is 15.4 Å². The second kappa shape index (κ2) is 9.33. The Balaban J connectivity index is 0.00000280. The van der Waals surface area contributed by atoms with Gasteiger partial charge in [0.25, 0.3) is 15.9 Å². The van der Waals surface area contributed by atoms with Crippen LogP contribution in [0.4, 0.5) is 10.1 Å². The summed E-state index contributed by atoms with van der Waals surface area (Å²) < 4.78 is 40.5. The Kier molecular flexibility index (Phi) is 7.36. The molecule has 0 saturated carbocycles. The molecule has 0 aliphatic carbocycles. The SMILES string of the molecule is Cl.O=C(NCC1CNCC1O)c1ccc(S(=O)(=O)Nc2ccccc2F)cc1. The fourth-order valence-corrected chi connectivity index (χ4v) is 3.85. The first kappa shape index (κ1) is 22.1. The molecule has 1 amide bonds. The topological polar surface area (TPSA) is 108 Å². The molecular weight excluding hydrogens is 409 g/mol. The molecule has 3 rings (SSSR count). The van der Waals surface area contributed by atoms with Crippen molar-refractivity contribution in [2.24, 2.45) is 5.92 Å². The molecule has 1 fully saturated rings. The minimum Gasteiger partial charge on any atom is -0.391 e. The predicted molar refractivity (Wildman–Crippen MR) is 106 cm³/mol. The van der Waals surface area contributed by atoms with Gasteiger partial charge in [-0.05, 0) is 36.4 Å². The maximum Gasteiger partial charge on any atom is 0.261 e. The smallest absolute Gasteiger partial charge is 0.261 e. The lowest BCUT2D eigenvalue weighted by Gasteiger charge is -2.14. The molecule has 0 bridgehead atoms. The van der Waals surface area contributed by atoms with Crippen LogP contribution in [0.2, 0.25) is 0 Å². The summed E-state index contributed by atoms with van der Waals surface area (Å²) in [7, 11) is -3.97. The highest BCUT2D eigenvalue weighted by Gasteiger charge is 2.25. The normalized spacial score (nSPS) is 18.9. The molecule has 28 heavy (non-hydrogen) atoms. The van der Waals surface area contributed by atoms with Crippen LogP contribution in [0, 0.1) is 11.7 Å². The van der Waals surface area contributed by atoms with Crippen LogP contribution in [0.5, 0.6) is 0 Å². The van der Waals surface area contributed by atoms with Gasteiger partial charge in [0, 0.05) is 31.1 Å².